The van der Waals surface area contributed by atoms with Crippen molar-refractivity contribution in [2.24, 2.45) is 13.0 Å². The monoisotopic (exact) mass is 501 g/mol. The van der Waals surface area contributed by atoms with E-state index in [2.05, 4.69) is 15.3 Å². The molecule has 10 heteroatoms. The smallest absolute Gasteiger partial charge is 0.329 e. The second kappa shape index (κ2) is 10.3. The van der Waals surface area contributed by atoms with E-state index in [0.29, 0.717) is 17.5 Å². The maximum atomic E-state index is 13.7. The molecule has 10 nitrogen and oxygen atoms in total. The van der Waals surface area contributed by atoms with Crippen molar-refractivity contribution in [1.82, 2.24) is 24.8 Å². The largest absolute Gasteiger partial charge is 0.384 e. The fraction of sp³-hybridized carbons (Fsp3) is 0.296. The summed E-state index contributed by atoms with van der Waals surface area (Å²) in [5, 5.41) is 2.88. The number of imide groups is 1. The van der Waals surface area contributed by atoms with E-state index in [9.17, 15) is 14.4 Å². The van der Waals surface area contributed by atoms with Crippen molar-refractivity contribution >= 4 is 35.3 Å². The lowest BCUT2D eigenvalue weighted by molar-refractivity contribution is -0.156. The first-order valence-corrected chi connectivity index (χ1v) is 11.9. The quantitative estimate of drug-likeness (QED) is 0.500. The molecule has 192 valence electrons. The third kappa shape index (κ3) is 5.09. The zero-order valence-electron chi connectivity index (χ0n) is 21.6. The zero-order valence-corrected chi connectivity index (χ0v) is 21.6. The first kappa shape index (κ1) is 25.6. The summed E-state index contributed by atoms with van der Waals surface area (Å²) in [6.45, 7) is 5.72. The first-order chi connectivity index (χ1) is 17.6. The molecule has 1 fully saturated rings. The molecule has 0 aliphatic carbocycles. The number of likely N-dealkylation sites (tertiary alicyclic amines) is 1. The molecule has 0 bridgehead atoms. The molecule has 0 unspecified atom stereocenters. The highest BCUT2D eigenvalue weighted by Crippen LogP contribution is 2.33. The molecule has 3 heterocycles. The van der Waals surface area contributed by atoms with Crippen LogP contribution in [0.4, 0.5) is 16.6 Å². The van der Waals surface area contributed by atoms with Gasteiger partial charge in [-0.3, -0.25) is 19.4 Å². The van der Waals surface area contributed by atoms with Crippen LogP contribution in [-0.2, 0) is 23.1 Å². The minimum absolute atomic E-state index is 0.244. The molecule has 1 aliphatic heterocycles. The maximum Gasteiger partial charge on any atom is 0.329 e. The van der Waals surface area contributed by atoms with Crippen LogP contribution in [0.25, 0.3) is 5.70 Å². The van der Waals surface area contributed by atoms with Crippen LogP contribution in [0.3, 0.4) is 0 Å². The number of nitrogens with one attached hydrogen (secondary N) is 1. The predicted octanol–water partition coefficient (Wildman–Crippen LogP) is 2.90. The number of anilines is 2. The van der Waals surface area contributed by atoms with Crippen molar-refractivity contribution in [3.8, 4) is 0 Å². The van der Waals surface area contributed by atoms with Crippen LogP contribution in [0, 0.1) is 12.8 Å². The van der Waals surface area contributed by atoms with Crippen LogP contribution in [0.2, 0.25) is 0 Å². The summed E-state index contributed by atoms with van der Waals surface area (Å²) in [4.78, 5) is 51.1. The van der Waals surface area contributed by atoms with Crippen LogP contribution in [0.5, 0.6) is 0 Å². The van der Waals surface area contributed by atoms with Gasteiger partial charge in [-0.25, -0.2) is 14.8 Å². The summed E-state index contributed by atoms with van der Waals surface area (Å²) in [6, 6.07) is 9.45. The fourth-order valence-electron chi connectivity index (χ4n) is 4.56. The van der Waals surface area contributed by atoms with Gasteiger partial charge < -0.3 is 15.6 Å². The molecule has 4 amide bonds. The SMILES string of the molecule is CC(C)=C(NC(=O)N1C(=O)[C@H](Cc2ccnc(N)c2)[C@H]1C(=O)N(C)c1nccn1C)c1cccc(C)c1. The number of urea groups is 1. The molecule has 1 aromatic carbocycles. The Labute approximate surface area is 215 Å². The molecule has 1 saturated heterocycles. The average molecular weight is 502 g/mol. The van der Waals surface area contributed by atoms with Crippen molar-refractivity contribution in [3.05, 3.63) is 77.3 Å². The minimum Gasteiger partial charge on any atom is -0.384 e. The van der Waals surface area contributed by atoms with Gasteiger partial charge in [-0.05, 0) is 56.5 Å². The van der Waals surface area contributed by atoms with Crippen molar-refractivity contribution in [2.45, 2.75) is 33.2 Å². The molecule has 2 atom stereocenters. The van der Waals surface area contributed by atoms with Crippen molar-refractivity contribution in [3.63, 3.8) is 0 Å². The van der Waals surface area contributed by atoms with Crippen LogP contribution in [0.1, 0.15) is 30.5 Å². The van der Waals surface area contributed by atoms with Gasteiger partial charge in [0.1, 0.15) is 11.9 Å². The first-order valence-electron chi connectivity index (χ1n) is 11.9. The number of hydrogen-bond donors (Lipinski definition) is 2. The molecule has 3 aromatic rings. The predicted molar refractivity (Wildman–Crippen MR) is 141 cm³/mol. The van der Waals surface area contributed by atoms with E-state index in [1.54, 1.807) is 49.4 Å². The molecular weight excluding hydrogens is 470 g/mol. The highest BCUT2D eigenvalue weighted by Gasteiger charge is 2.55. The number of β-lactam (4-membered cyclic amide) rings is 1. The molecule has 2 aromatic heterocycles. The Morgan fingerprint density at radius 1 is 1.14 bits per heavy atom. The number of pyridine rings is 1. The minimum atomic E-state index is -1.01. The van der Waals surface area contributed by atoms with E-state index < -0.39 is 29.8 Å². The van der Waals surface area contributed by atoms with E-state index in [1.165, 1.54) is 4.90 Å². The molecule has 1 aliphatic rings. The van der Waals surface area contributed by atoms with Gasteiger partial charge in [0, 0.05) is 38.4 Å². The van der Waals surface area contributed by atoms with Gasteiger partial charge in [-0.1, -0.05) is 29.3 Å². The Morgan fingerprint density at radius 2 is 1.89 bits per heavy atom. The number of nitrogens with zero attached hydrogens (tertiary/aromatic N) is 5. The van der Waals surface area contributed by atoms with Crippen LogP contribution in [0.15, 0.2) is 60.6 Å². The molecular formula is C27H31N7O3. The number of amides is 4. The number of aromatic nitrogens is 3. The van der Waals surface area contributed by atoms with Crippen LogP contribution in [-0.4, -0.2) is 50.4 Å². The Bertz CT molecular complexity index is 1390. The van der Waals surface area contributed by atoms with Crippen LogP contribution >= 0.6 is 0 Å². The van der Waals surface area contributed by atoms with E-state index >= 15 is 0 Å². The van der Waals surface area contributed by atoms with E-state index in [0.717, 1.165) is 27.2 Å². The Morgan fingerprint density at radius 3 is 2.51 bits per heavy atom. The highest BCUT2D eigenvalue weighted by molar-refractivity contribution is 6.13. The lowest BCUT2D eigenvalue weighted by Crippen LogP contribution is -2.70. The van der Waals surface area contributed by atoms with Gasteiger partial charge >= 0.3 is 6.03 Å². The maximum absolute atomic E-state index is 13.7. The fourth-order valence-corrected chi connectivity index (χ4v) is 4.56. The molecule has 37 heavy (non-hydrogen) atoms. The molecule has 4 rings (SSSR count). The van der Waals surface area contributed by atoms with Gasteiger partial charge in [-0.15, -0.1) is 0 Å². The van der Waals surface area contributed by atoms with Crippen LogP contribution < -0.4 is 16.0 Å². The van der Waals surface area contributed by atoms with E-state index in [-0.39, 0.29) is 6.42 Å². The number of nitrogen functional groups attached to an aromatic ring is 1. The van der Waals surface area contributed by atoms with Crippen molar-refractivity contribution in [2.75, 3.05) is 17.7 Å². The Hall–Kier alpha value is -4.47. The number of allylic oxidation sites excluding steroid dienone is 1. The second-order valence-corrected chi connectivity index (χ2v) is 9.46. The number of rotatable bonds is 6. The summed E-state index contributed by atoms with van der Waals surface area (Å²) in [5.41, 5.74) is 9.88. The zero-order chi connectivity index (χ0) is 26.9. The van der Waals surface area contributed by atoms with Gasteiger partial charge in [0.05, 0.1) is 5.92 Å². The highest BCUT2D eigenvalue weighted by atomic mass is 16.2. The molecule has 0 radical (unpaired) electrons. The number of hydrogen-bond acceptors (Lipinski definition) is 6. The van der Waals surface area contributed by atoms with Crippen molar-refractivity contribution < 1.29 is 14.4 Å². The standard InChI is InChI=1S/C27H31N7O3/c1-16(2)22(19-8-6-7-17(3)13-19)31-27(37)34-23(25(36)33(5)26-30-11-12-32(26)4)20(24(34)35)14-18-9-10-29-21(28)15-18/h6-13,15,20,23H,14H2,1-5H3,(H2,28,29)(H,31,37)/t20-,23+/m1/s1. The molecule has 3 N–H and O–H groups in total. The van der Waals surface area contributed by atoms with Gasteiger partial charge in [0.2, 0.25) is 11.9 Å². The van der Waals surface area contributed by atoms with Gasteiger partial charge in [0.15, 0.2) is 0 Å². The van der Waals surface area contributed by atoms with Gasteiger partial charge in [0.25, 0.3) is 5.91 Å². The third-order valence-corrected chi connectivity index (χ3v) is 6.45. The van der Waals surface area contributed by atoms with E-state index in [4.69, 9.17) is 5.73 Å². The van der Waals surface area contributed by atoms with Gasteiger partial charge in [-0.2, -0.15) is 0 Å². The van der Waals surface area contributed by atoms with Crippen molar-refractivity contribution in [1.29, 1.82) is 0 Å². The summed E-state index contributed by atoms with van der Waals surface area (Å²) in [5.74, 6) is -0.862. The lowest BCUT2D eigenvalue weighted by atomic mass is 9.81. The Kier molecular flexibility index (Phi) is 7.10. The molecule has 0 spiro atoms. The normalized spacial score (nSPS) is 16.7. The summed E-state index contributed by atoms with van der Waals surface area (Å²) < 4.78 is 1.69. The number of benzene rings is 1. The third-order valence-electron chi connectivity index (χ3n) is 6.45. The number of carbonyl (C=O) groups excluding carboxylic acids is 3. The number of carbonyl (C=O) groups is 3. The topological polar surface area (TPSA) is 126 Å². The Balaban J connectivity index is 1.65. The summed E-state index contributed by atoms with van der Waals surface area (Å²) in [6.07, 6.45) is 5.09. The summed E-state index contributed by atoms with van der Waals surface area (Å²) in [7, 11) is 3.35. The average Bonchev–Trinajstić information content (AvgIpc) is 3.28. The second-order valence-electron chi connectivity index (χ2n) is 9.46. The van der Waals surface area contributed by atoms with E-state index in [1.807, 2.05) is 45.0 Å². The number of nitrogens with two attached hydrogens (primary N) is 1. The number of imidazole rings is 1. The number of aryl methyl sites for hydroxylation is 2. The number of likely N-dealkylation sites (N-methyl/N-ethyl adjacent to an activating group) is 1. The lowest BCUT2D eigenvalue weighted by Gasteiger charge is -2.45. The molecule has 0 saturated carbocycles. The summed E-state index contributed by atoms with van der Waals surface area (Å²) >= 11 is 0.